The van der Waals surface area contributed by atoms with Gasteiger partial charge in [-0.3, -0.25) is 4.79 Å². The Morgan fingerprint density at radius 2 is 1.59 bits per heavy atom. The zero-order chi connectivity index (χ0) is 25.5. The fourth-order valence-electron chi connectivity index (χ4n) is 3.49. The molecular weight excluding hydrogens is 472 g/mol. The highest BCUT2D eigenvalue weighted by Crippen LogP contribution is 2.51. The zero-order valence-electron chi connectivity index (χ0n) is 17.4. The minimum Gasteiger partial charge on any atom is -0.490 e. The first-order valence-electron chi connectivity index (χ1n) is 9.64. The molecule has 0 aliphatic carbocycles. The first-order valence-corrected chi connectivity index (χ1v) is 9.64. The molecule has 6 nitrogen and oxygen atoms in total. The van der Waals surface area contributed by atoms with E-state index in [0.29, 0.717) is 17.7 Å². The number of rotatable bonds is 2. The summed E-state index contributed by atoms with van der Waals surface area (Å²) in [5, 5.41) is 17.9. The molecule has 34 heavy (non-hydrogen) atoms. The van der Waals surface area contributed by atoms with E-state index in [1.807, 2.05) is 0 Å². The lowest BCUT2D eigenvalue weighted by Crippen LogP contribution is -2.54. The Balaban J connectivity index is 0.000000302. The van der Waals surface area contributed by atoms with Crippen molar-refractivity contribution in [3.8, 4) is 5.75 Å². The fourth-order valence-corrected chi connectivity index (χ4v) is 3.49. The standard InChI is InChI=1S/C15H11F6NO3.C7H6O2/c1-7-4-11(23)22-2-3-25-10-6-8(5-9(7)12(10)22)13(24,14(16,17)18)15(19,20)21;8-7(9)6-4-2-1-3-5-6/h4-6,24H,2-3H2,1H3;1-5H,(H,8,9). The predicted octanol–water partition coefficient (Wildman–Crippen LogP) is 4.40. The summed E-state index contributed by atoms with van der Waals surface area (Å²) < 4.78 is 85.1. The molecule has 2 aromatic carbocycles. The topological polar surface area (TPSA) is 88.8 Å². The lowest BCUT2D eigenvalue weighted by Gasteiger charge is -2.33. The molecule has 1 aliphatic rings. The number of aromatic nitrogens is 1. The Kier molecular flexibility index (Phi) is 6.40. The molecule has 1 aliphatic heterocycles. The molecule has 0 radical (unpaired) electrons. The summed E-state index contributed by atoms with van der Waals surface area (Å²) in [7, 11) is 0. The Labute approximate surface area is 187 Å². The highest BCUT2D eigenvalue weighted by atomic mass is 19.4. The zero-order valence-corrected chi connectivity index (χ0v) is 17.4. The Morgan fingerprint density at radius 3 is 2.09 bits per heavy atom. The SMILES string of the molecule is Cc1cc(=O)n2c3c(cc(C(O)(C(F)(F)F)C(F)(F)F)cc13)OCC2.O=C(O)c1ccccc1. The number of ether oxygens (including phenoxy) is 1. The summed E-state index contributed by atoms with van der Waals surface area (Å²) in [5.41, 5.74) is -6.30. The van der Waals surface area contributed by atoms with Crippen LogP contribution >= 0.6 is 0 Å². The largest absolute Gasteiger partial charge is 0.490 e. The molecule has 0 fully saturated rings. The summed E-state index contributed by atoms with van der Waals surface area (Å²) in [4.78, 5) is 22.2. The highest BCUT2D eigenvalue weighted by molar-refractivity contribution is 5.89. The van der Waals surface area contributed by atoms with Crippen LogP contribution in [0.4, 0.5) is 26.3 Å². The number of alkyl halides is 6. The van der Waals surface area contributed by atoms with Gasteiger partial charge in [-0.1, -0.05) is 18.2 Å². The van der Waals surface area contributed by atoms with E-state index in [-0.39, 0.29) is 35.4 Å². The van der Waals surface area contributed by atoms with Crippen LogP contribution in [0.3, 0.4) is 0 Å². The van der Waals surface area contributed by atoms with Gasteiger partial charge in [0.05, 0.1) is 17.6 Å². The normalized spacial score (nSPS) is 13.6. The van der Waals surface area contributed by atoms with Gasteiger partial charge in [0.1, 0.15) is 12.4 Å². The number of nitrogens with zero attached hydrogens (tertiary/aromatic N) is 1. The Hall–Kier alpha value is -3.54. The molecule has 0 saturated carbocycles. The molecule has 2 heterocycles. The molecule has 12 heteroatoms. The maximum Gasteiger partial charge on any atom is 0.430 e. The second-order valence-electron chi connectivity index (χ2n) is 7.41. The van der Waals surface area contributed by atoms with Crippen molar-refractivity contribution >= 4 is 16.9 Å². The van der Waals surface area contributed by atoms with Gasteiger partial charge in [-0.05, 0) is 36.8 Å². The first kappa shape index (κ1) is 25.1. The second-order valence-corrected chi connectivity index (χ2v) is 7.41. The fraction of sp³-hybridized carbons (Fsp3) is 0.273. The summed E-state index contributed by atoms with van der Waals surface area (Å²) in [5.74, 6) is -1.19. The molecule has 0 amide bonds. The molecule has 2 N–H and O–H groups in total. The Bertz CT molecular complexity index is 1270. The summed E-state index contributed by atoms with van der Waals surface area (Å²) in [6.45, 7) is 1.40. The molecular formula is C22H17F6NO5. The minimum absolute atomic E-state index is 0.0290. The van der Waals surface area contributed by atoms with Gasteiger partial charge < -0.3 is 19.5 Å². The van der Waals surface area contributed by atoms with E-state index in [1.54, 1.807) is 30.3 Å². The van der Waals surface area contributed by atoms with E-state index in [4.69, 9.17) is 9.84 Å². The Morgan fingerprint density at radius 1 is 1.00 bits per heavy atom. The number of benzene rings is 2. The quantitative estimate of drug-likeness (QED) is 0.521. The smallest absolute Gasteiger partial charge is 0.430 e. The number of carboxylic acids is 1. The minimum atomic E-state index is -6.00. The molecule has 0 atom stereocenters. The van der Waals surface area contributed by atoms with E-state index < -0.39 is 35.0 Å². The van der Waals surface area contributed by atoms with Crippen molar-refractivity contribution in [2.24, 2.45) is 0 Å². The average molecular weight is 489 g/mol. The van der Waals surface area contributed by atoms with E-state index in [1.165, 1.54) is 11.5 Å². The summed E-state index contributed by atoms with van der Waals surface area (Å²) in [6, 6.07) is 10.5. The van der Waals surface area contributed by atoms with Crippen molar-refractivity contribution in [1.29, 1.82) is 0 Å². The van der Waals surface area contributed by atoms with Crippen molar-refractivity contribution in [3.05, 3.63) is 75.6 Å². The molecule has 4 rings (SSSR count). The second kappa shape index (κ2) is 8.67. The van der Waals surface area contributed by atoms with E-state index in [9.17, 15) is 41.0 Å². The van der Waals surface area contributed by atoms with Gasteiger partial charge in [-0.25, -0.2) is 4.79 Å². The van der Waals surface area contributed by atoms with Crippen LogP contribution in [0.15, 0.2) is 53.3 Å². The van der Waals surface area contributed by atoms with Crippen LogP contribution < -0.4 is 10.3 Å². The van der Waals surface area contributed by atoms with Crippen LogP contribution in [0, 0.1) is 6.92 Å². The molecule has 0 spiro atoms. The van der Waals surface area contributed by atoms with E-state index in [0.717, 1.165) is 6.07 Å². The highest BCUT2D eigenvalue weighted by Gasteiger charge is 2.71. The van der Waals surface area contributed by atoms with Crippen LogP contribution in [-0.2, 0) is 12.1 Å². The number of hydrogen-bond donors (Lipinski definition) is 2. The number of hydrogen-bond acceptors (Lipinski definition) is 4. The lowest BCUT2D eigenvalue weighted by atomic mass is 9.90. The first-order chi connectivity index (χ1) is 15.7. The van der Waals surface area contributed by atoms with Crippen LogP contribution in [0.25, 0.3) is 10.9 Å². The third-order valence-electron chi connectivity index (χ3n) is 5.21. The van der Waals surface area contributed by atoms with Gasteiger partial charge in [-0.15, -0.1) is 0 Å². The van der Waals surface area contributed by atoms with Crippen molar-refractivity contribution in [3.63, 3.8) is 0 Å². The molecule has 0 bridgehead atoms. The molecule has 0 unspecified atom stereocenters. The van der Waals surface area contributed by atoms with Crippen LogP contribution in [0.5, 0.6) is 5.75 Å². The number of aromatic carboxylic acids is 1. The predicted molar refractivity (Wildman–Crippen MR) is 108 cm³/mol. The molecule has 3 aromatic rings. The van der Waals surface area contributed by atoms with Crippen molar-refractivity contribution in [2.75, 3.05) is 6.61 Å². The van der Waals surface area contributed by atoms with Crippen molar-refractivity contribution < 1.29 is 46.1 Å². The van der Waals surface area contributed by atoms with Crippen molar-refractivity contribution in [2.45, 2.75) is 31.4 Å². The van der Waals surface area contributed by atoms with Gasteiger partial charge in [0, 0.05) is 17.0 Å². The van der Waals surface area contributed by atoms with Gasteiger partial charge in [-0.2, -0.15) is 26.3 Å². The average Bonchev–Trinajstić information content (AvgIpc) is 2.76. The maximum atomic E-state index is 13.1. The maximum absolute atomic E-state index is 13.1. The van der Waals surface area contributed by atoms with Gasteiger partial charge in [0.15, 0.2) is 0 Å². The summed E-state index contributed by atoms with van der Waals surface area (Å²) in [6.07, 6.45) is -12.0. The number of halogens is 6. The number of pyridine rings is 1. The third-order valence-corrected chi connectivity index (χ3v) is 5.21. The molecule has 1 aromatic heterocycles. The number of aliphatic hydroxyl groups is 1. The number of carboxylic acid groups (broad SMARTS) is 1. The van der Waals surface area contributed by atoms with Crippen LogP contribution in [0.1, 0.15) is 21.5 Å². The van der Waals surface area contributed by atoms with Crippen LogP contribution in [0.2, 0.25) is 0 Å². The number of carbonyl (C=O) groups is 1. The monoisotopic (exact) mass is 489 g/mol. The van der Waals surface area contributed by atoms with Gasteiger partial charge in [0.25, 0.3) is 11.2 Å². The van der Waals surface area contributed by atoms with E-state index in [2.05, 4.69) is 0 Å². The van der Waals surface area contributed by atoms with Gasteiger partial charge >= 0.3 is 18.3 Å². The molecule has 182 valence electrons. The van der Waals surface area contributed by atoms with E-state index >= 15 is 0 Å². The number of aryl methyl sites for hydroxylation is 1. The van der Waals surface area contributed by atoms with Crippen molar-refractivity contribution in [1.82, 2.24) is 4.57 Å². The summed E-state index contributed by atoms with van der Waals surface area (Å²) >= 11 is 0. The van der Waals surface area contributed by atoms with Gasteiger partial charge in [0.2, 0.25) is 0 Å². The molecule has 0 saturated heterocycles. The van der Waals surface area contributed by atoms with Crippen LogP contribution in [-0.4, -0.2) is 39.7 Å². The third kappa shape index (κ3) is 4.32. The lowest BCUT2D eigenvalue weighted by molar-refractivity contribution is -0.376.